The van der Waals surface area contributed by atoms with Crippen LogP contribution in [0.5, 0.6) is 0 Å². The summed E-state index contributed by atoms with van der Waals surface area (Å²) in [7, 11) is 3.33. The average Bonchev–Trinajstić information content (AvgIpc) is 3.21. The van der Waals surface area contributed by atoms with Gasteiger partial charge in [0.05, 0.1) is 0 Å². The van der Waals surface area contributed by atoms with E-state index in [1.165, 1.54) is 17.8 Å². The summed E-state index contributed by atoms with van der Waals surface area (Å²) in [6.45, 7) is 1.80. The first-order valence-corrected chi connectivity index (χ1v) is 8.75. The Morgan fingerprint density at radius 2 is 2.08 bits per heavy atom. The number of carbonyl (C=O) groups is 1. The standard InChI is InChI=1S/C15H21N7OS/c1-18-14(23)9-8-24-15(19-9)13-20-10(11(16)21(13)2)12(17)22-6-4-3-5-7-22/h8,16H,3-7,17H2,1-2H3,(H,18,23)/b12-10-,16-11?. The highest BCUT2D eigenvalue weighted by molar-refractivity contribution is 7.12. The second kappa shape index (κ2) is 6.60. The first-order chi connectivity index (χ1) is 11.5. The fraction of sp³-hybridized carbons (Fsp3) is 0.467. The molecule has 128 valence electrons. The second-order valence-electron chi connectivity index (χ2n) is 5.74. The molecule has 0 bridgehead atoms. The van der Waals surface area contributed by atoms with Crippen molar-refractivity contribution in [2.75, 3.05) is 27.2 Å². The molecule has 3 heterocycles. The van der Waals surface area contributed by atoms with Crippen LogP contribution in [0.3, 0.4) is 0 Å². The molecule has 24 heavy (non-hydrogen) atoms. The third kappa shape index (κ3) is 2.86. The van der Waals surface area contributed by atoms with Crippen LogP contribution in [0.4, 0.5) is 0 Å². The van der Waals surface area contributed by atoms with Crippen LogP contribution >= 0.6 is 11.3 Å². The Kier molecular flexibility index (Phi) is 4.52. The minimum atomic E-state index is -0.238. The third-order valence-electron chi connectivity index (χ3n) is 4.19. The van der Waals surface area contributed by atoms with E-state index < -0.39 is 0 Å². The van der Waals surface area contributed by atoms with Crippen molar-refractivity contribution in [3.05, 3.63) is 27.6 Å². The monoisotopic (exact) mass is 347 g/mol. The van der Waals surface area contributed by atoms with Crippen LogP contribution in [-0.2, 0) is 0 Å². The van der Waals surface area contributed by atoms with Gasteiger partial charge in [0.15, 0.2) is 16.7 Å². The number of likely N-dealkylation sites (N-methyl/N-ethyl adjacent to an activating group) is 1. The van der Waals surface area contributed by atoms with Gasteiger partial charge >= 0.3 is 0 Å². The summed E-state index contributed by atoms with van der Waals surface area (Å²) < 4.78 is 0. The van der Waals surface area contributed by atoms with Gasteiger partial charge in [-0.1, -0.05) is 0 Å². The summed E-state index contributed by atoms with van der Waals surface area (Å²) >= 11 is 1.33. The zero-order valence-electron chi connectivity index (χ0n) is 13.8. The van der Waals surface area contributed by atoms with E-state index in [1.807, 2.05) is 0 Å². The van der Waals surface area contributed by atoms with Crippen LogP contribution in [0.1, 0.15) is 34.8 Å². The number of carbonyl (C=O) groups excluding carboxylic acids is 1. The number of nitrogens with two attached hydrogens (primary N) is 1. The Bertz CT molecular complexity index is 730. The van der Waals surface area contributed by atoms with Crippen LogP contribution in [0, 0.1) is 5.41 Å². The number of hydrogen-bond donors (Lipinski definition) is 3. The molecule has 0 aliphatic carbocycles. The maximum atomic E-state index is 11.7. The van der Waals surface area contributed by atoms with Gasteiger partial charge in [0.25, 0.3) is 5.91 Å². The Morgan fingerprint density at radius 3 is 2.75 bits per heavy atom. The number of aliphatic imine (C=N–C) groups is 1. The van der Waals surface area contributed by atoms with Crippen molar-refractivity contribution in [1.29, 1.82) is 5.41 Å². The van der Waals surface area contributed by atoms with E-state index in [9.17, 15) is 4.79 Å². The Balaban J connectivity index is 1.92. The van der Waals surface area contributed by atoms with Gasteiger partial charge in [-0.25, -0.2) is 9.98 Å². The molecule has 1 amide bonds. The van der Waals surface area contributed by atoms with Gasteiger partial charge in [0.1, 0.15) is 17.2 Å². The fourth-order valence-electron chi connectivity index (χ4n) is 2.76. The lowest BCUT2D eigenvalue weighted by molar-refractivity contribution is 0.0959. The van der Waals surface area contributed by atoms with Crippen molar-refractivity contribution >= 4 is 28.9 Å². The van der Waals surface area contributed by atoms with Crippen LogP contribution in [0.25, 0.3) is 0 Å². The molecule has 2 aliphatic heterocycles. The number of piperidine rings is 1. The summed E-state index contributed by atoms with van der Waals surface area (Å²) in [4.78, 5) is 24.3. The first kappa shape index (κ1) is 16.4. The van der Waals surface area contributed by atoms with Gasteiger partial charge in [-0.2, -0.15) is 0 Å². The van der Waals surface area contributed by atoms with Gasteiger partial charge in [0, 0.05) is 32.6 Å². The van der Waals surface area contributed by atoms with Gasteiger partial charge < -0.3 is 20.9 Å². The minimum Gasteiger partial charge on any atom is -0.383 e. The van der Waals surface area contributed by atoms with E-state index in [0.29, 0.717) is 28.1 Å². The summed E-state index contributed by atoms with van der Waals surface area (Å²) in [5.74, 6) is 1.11. The number of amidine groups is 2. The lowest BCUT2D eigenvalue weighted by Crippen LogP contribution is -2.35. The zero-order chi connectivity index (χ0) is 17.3. The molecule has 0 aromatic carbocycles. The van der Waals surface area contributed by atoms with Crippen molar-refractivity contribution in [2.45, 2.75) is 19.3 Å². The van der Waals surface area contributed by atoms with Gasteiger partial charge in [-0.05, 0) is 19.3 Å². The van der Waals surface area contributed by atoms with E-state index in [0.717, 1.165) is 25.9 Å². The van der Waals surface area contributed by atoms with Crippen LogP contribution in [-0.4, -0.2) is 59.5 Å². The maximum absolute atomic E-state index is 11.7. The summed E-state index contributed by atoms with van der Waals surface area (Å²) in [6.07, 6.45) is 3.43. The molecule has 0 spiro atoms. The largest absolute Gasteiger partial charge is 0.383 e. The Morgan fingerprint density at radius 1 is 1.38 bits per heavy atom. The summed E-state index contributed by atoms with van der Waals surface area (Å²) in [6, 6.07) is 0. The fourth-order valence-corrected chi connectivity index (χ4v) is 3.58. The predicted molar refractivity (Wildman–Crippen MR) is 94.2 cm³/mol. The summed E-state index contributed by atoms with van der Waals surface area (Å²) in [5.41, 5.74) is 7.10. The summed E-state index contributed by atoms with van der Waals surface area (Å²) in [5, 5.41) is 13.1. The van der Waals surface area contributed by atoms with E-state index in [2.05, 4.69) is 20.2 Å². The molecule has 0 radical (unpaired) electrons. The number of amides is 1. The molecule has 8 nitrogen and oxygen atoms in total. The molecule has 3 rings (SSSR count). The predicted octanol–water partition coefficient (Wildman–Crippen LogP) is 0.786. The number of nitrogens with zero attached hydrogens (tertiary/aromatic N) is 4. The Hall–Kier alpha value is -2.42. The molecule has 0 unspecified atom stereocenters. The number of thiazole rings is 1. The highest BCUT2D eigenvalue weighted by Gasteiger charge is 2.30. The van der Waals surface area contributed by atoms with Crippen LogP contribution < -0.4 is 11.1 Å². The molecule has 0 atom stereocenters. The second-order valence-corrected chi connectivity index (χ2v) is 6.60. The first-order valence-electron chi connectivity index (χ1n) is 7.87. The molecule has 1 fully saturated rings. The molecule has 2 aliphatic rings. The van der Waals surface area contributed by atoms with Crippen molar-refractivity contribution in [3.8, 4) is 0 Å². The molecule has 9 heteroatoms. The normalized spacial score (nSPS) is 20.2. The molecule has 1 saturated heterocycles. The topological polar surface area (TPSA) is 111 Å². The molecular weight excluding hydrogens is 326 g/mol. The van der Waals surface area contributed by atoms with E-state index in [-0.39, 0.29) is 11.7 Å². The molecule has 1 aromatic rings. The maximum Gasteiger partial charge on any atom is 0.270 e. The number of rotatable bonds is 3. The highest BCUT2D eigenvalue weighted by Crippen LogP contribution is 2.24. The van der Waals surface area contributed by atoms with Crippen LogP contribution in [0.15, 0.2) is 21.9 Å². The van der Waals surface area contributed by atoms with E-state index in [4.69, 9.17) is 11.1 Å². The molecule has 1 aromatic heterocycles. The van der Waals surface area contributed by atoms with Gasteiger partial charge in [0.2, 0.25) is 0 Å². The quantitative estimate of drug-likeness (QED) is 0.748. The third-order valence-corrected chi connectivity index (χ3v) is 5.03. The van der Waals surface area contributed by atoms with Crippen molar-refractivity contribution < 1.29 is 4.79 Å². The van der Waals surface area contributed by atoms with E-state index >= 15 is 0 Å². The number of hydrogen-bond acceptors (Lipinski definition) is 7. The van der Waals surface area contributed by atoms with Crippen molar-refractivity contribution in [3.63, 3.8) is 0 Å². The lowest BCUT2D eigenvalue weighted by atomic mass is 10.1. The smallest absolute Gasteiger partial charge is 0.270 e. The molecule has 4 N–H and O–H groups in total. The number of likely N-dealkylation sites (tertiary alicyclic amines) is 1. The average molecular weight is 347 g/mol. The lowest BCUT2D eigenvalue weighted by Gasteiger charge is -2.29. The van der Waals surface area contributed by atoms with Crippen LogP contribution in [0.2, 0.25) is 0 Å². The zero-order valence-corrected chi connectivity index (χ0v) is 14.6. The highest BCUT2D eigenvalue weighted by atomic mass is 32.1. The van der Waals surface area contributed by atoms with Gasteiger partial charge in [-0.3, -0.25) is 10.2 Å². The number of nitrogens with one attached hydrogen (secondary N) is 2. The van der Waals surface area contributed by atoms with Gasteiger partial charge in [-0.15, -0.1) is 11.3 Å². The number of aromatic nitrogens is 1. The minimum absolute atomic E-state index is 0.238. The van der Waals surface area contributed by atoms with Crippen molar-refractivity contribution in [1.82, 2.24) is 20.1 Å². The van der Waals surface area contributed by atoms with E-state index in [1.54, 1.807) is 24.4 Å². The SMILES string of the molecule is CNC(=O)c1csc(C2=N/C(=C(/N)N3CCCCC3)C(=N)N2C)n1. The Labute approximate surface area is 144 Å². The molecule has 0 saturated carbocycles. The molecular formula is C15H21N7OS. The van der Waals surface area contributed by atoms with Crippen molar-refractivity contribution in [2.24, 2.45) is 10.7 Å².